The topological polar surface area (TPSA) is 71.1 Å². The second-order valence-corrected chi connectivity index (χ2v) is 9.42. The van der Waals surface area contributed by atoms with Gasteiger partial charge in [0, 0.05) is 28.4 Å². The minimum Gasteiger partial charge on any atom is -0.486 e. The number of para-hydroxylation sites is 1. The summed E-state index contributed by atoms with van der Waals surface area (Å²) in [5.41, 5.74) is 1.61. The number of carbonyl (C=O) groups excluding carboxylic acids is 2. The average molecular weight is 456 g/mol. The van der Waals surface area contributed by atoms with Gasteiger partial charge in [-0.25, -0.2) is 0 Å². The predicted molar refractivity (Wildman–Crippen MR) is 127 cm³/mol. The SMILES string of the molecule is CCN(CC(=O)Nc1ccc2c(c1)OCCO2)CC(=O)N1CCC(C)Sc2ccccc21. The van der Waals surface area contributed by atoms with Crippen LogP contribution in [0.4, 0.5) is 11.4 Å². The zero-order valence-corrected chi connectivity index (χ0v) is 19.3. The van der Waals surface area contributed by atoms with Crippen molar-refractivity contribution >= 4 is 35.0 Å². The quantitative estimate of drug-likeness (QED) is 0.717. The van der Waals surface area contributed by atoms with Gasteiger partial charge in [-0.15, -0.1) is 11.8 Å². The van der Waals surface area contributed by atoms with Crippen LogP contribution in [0.25, 0.3) is 0 Å². The summed E-state index contributed by atoms with van der Waals surface area (Å²) in [6, 6.07) is 13.4. The lowest BCUT2D eigenvalue weighted by atomic mass is 10.2. The Balaban J connectivity index is 1.38. The molecular weight excluding hydrogens is 426 g/mol. The van der Waals surface area contributed by atoms with Gasteiger partial charge in [-0.2, -0.15) is 0 Å². The van der Waals surface area contributed by atoms with E-state index in [4.69, 9.17) is 9.47 Å². The number of anilines is 2. The highest BCUT2D eigenvalue weighted by Crippen LogP contribution is 2.37. The van der Waals surface area contributed by atoms with E-state index < -0.39 is 0 Å². The van der Waals surface area contributed by atoms with E-state index in [1.54, 1.807) is 18.2 Å². The monoisotopic (exact) mass is 455 g/mol. The largest absolute Gasteiger partial charge is 0.486 e. The van der Waals surface area contributed by atoms with Crippen molar-refractivity contribution in [3.8, 4) is 11.5 Å². The summed E-state index contributed by atoms with van der Waals surface area (Å²) < 4.78 is 11.1. The molecule has 0 saturated heterocycles. The number of rotatable bonds is 6. The van der Waals surface area contributed by atoms with E-state index in [-0.39, 0.29) is 24.9 Å². The summed E-state index contributed by atoms with van der Waals surface area (Å²) in [4.78, 5) is 30.7. The van der Waals surface area contributed by atoms with E-state index >= 15 is 0 Å². The van der Waals surface area contributed by atoms with E-state index in [0.717, 1.165) is 17.0 Å². The summed E-state index contributed by atoms with van der Waals surface area (Å²) in [5, 5.41) is 3.35. The van der Waals surface area contributed by atoms with Crippen LogP contribution in [0, 0.1) is 0 Å². The molecule has 0 radical (unpaired) electrons. The molecule has 0 aliphatic carbocycles. The maximum absolute atomic E-state index is 13.2. The van der Waals surface area contributed by atoms with Crippen molar-refractivity contribution in [1.82, 2.24) is 4.90 Å². The molecule has 2 aromatic carbocycles. The first-order valence-electron chi connectivity index (χ1n) is 11.0. The van der Waals surface area contributed by atoms with Gasteiger partial charge >= 0.3 is 0 Å². The van der Waals surface area contributed by atoms with Crippen LogP contribution < -0.4 is 19.7 Å². The van der Waals surface area contributed by atoms with Crippen LogP contribution in [0.3, 0.4) is 0 Å². The lowest BCUT2D eigenvalue weighted by Gasteiger charge is -2.26. The van der Waals surface area contributed by atoms with Crippen LogP contribution in [0.5, 0.6) is 11.5 Å². The number of fused-ring (bicyclic) bond motifs is 2. The van der Waals surface area contributed by atoms with E-state index in [9.17, 15) is 9.59 Å². The smallest absolute Gasteiger partial charge is 0.241 e. The van der Waals surface area contributed by atoms with E-state index in [1.165, 1.54) is 0 Å². The highest BCUT2D eigenvalue weighted by Gasteiger charge is 2.25. The van der Waals surface area contributed by atoms with Crippen molar-refractivity contribution in [2.75, 3.05) is 49.6 Å². The van der Waals surface area contributed by atoms with Crippen molar-refractivity contribution in [2.24, 2.45) is 0 Å². The number of likely N-dealkylation sites (N-methyl/N-ethyl adjacent to an activating group) is 1. The van der Waals surface area contributed by atoms with Gasteiger partial charge in [0.15, 0.2) is 11.5 Å². The Morgan fingerprint density at radius 3 is 2.72 bits per heavy atom. The van der Waals surface area contributed by atoms with Crippen molar-refractivity contribution in [3.63, 3.8) is 0 Å². The molecule has 4 rings (SSSR count). The van der Waals surface area contributed by atoms with Crippen molar-refractivity contribution in [3.05, 3.63) is 42.5 Å². The Kier molecular flexibility index (Phi) is 7.22. The van der Waals surface area contributed by atoms with Gasteiger partial charge in [-0.05, 0) is 37.2 Å². The minimum absolute atomic E-state index is 0.0149. The molecule has 1 N–H and O–H groups in total. The van der Waals surface area contributed by atoms with Crippen LogP contribution in [-0.4, -0.2) is 61.4 Å². The second kappa shape index (κ2) is 10.3. The van der Waals surface area contributed by atoms with Gasteiger partial charge in [0.2, 0.25) is 11.8 Å². The van der Waals surface area contributed by atoms with Crippen LogP contribution >= 0.6 is 11.8 Å². The molecule has 0 bridgehead atoms. The van der Waals surface area contributed by atoms with Gasteiger partial charge in [0.25, 0.3) is 0 Å². The molecule has 1 atom stereocenters. The number of nitrogens with one attached hydrogen (secondary N) is 1. The molecule has 2 heterocycles. The van der Waals surface area contributed by atoms with E-state index in [1.807, 2.05) is 46.7 Å². The van der Waals surface area contributed by atoms with Crippen molar-refractivity contribution in [2.45, 2.75) is 30.4 Å². The van der Waals surface area contributed by atoms with Crippen LogP contribution in [0.15, 0.2) is 47.4 Å². The van der Waals surface area contributed by atoms with Gasteiger partial charge in [-0.1, -0.05) is 26.0 Å². The third-order valence-electron chi connectivity index (χ3n) is 5.54. The standard InChI is InChI=1S/C24H29N3O4S/c1-3-26(15-23(28)25-18-8-9-20-21(14-18)31-13-12-30-20)16-24(29)27-11-10-17(2)32-22-7-5-4-6-19(22)27/h4-9,14,17H,3,10-13,15-16H2,1-2H3,(H,25,28). The number of ether oxygens (including phenoxy) is 2. The first-order valence-corrected chi connectivity index (χ1v) is 11.9. The van der Waals surface area contributed by atoms with Gasteiger partial charge in [0.05, 0.1) is 18.8 Å². The highest BCUT2D eigenvalue weighted by atomic mass is 32.2. The Hall–Kier alpha value is -2.71. The predicted octanol–water partition coefficient (Wildman–Crippen LogP) is 3.64. The first-order chi connectivity index (χ1) is 15.5. The molecule has 0 aromatic heterocycles. The Morgan fingerprint density at radius 2 is 1.91 bits per heavy atom. The second-order valence-electron chi connectivity index (χ2n) is 7.94. The third kappa shape index (κ3) is 5.37. The van der Waals surface area contributed by atoms with Gasteiger partial charge in [0.1, 0.15) is 13.2 Å². The maximum atomic E-state index is 13.2. The molecule has 8 heteroatoms. The maximum Gasteiger partial charge on any atom is 0.241 e. The number of amides is 2. The normalized spacial score (nSPS) is 17.5. The molecule has 170 valence electrons. The van der Waals surface area contributed by atoms with E-state index in [0.29, 0.717) is 48.7 Å². The van der Waals surface area contributed by atoms with Crippen LogP contribution in [0.1, 0.15) is 20.3 Å². The lowest BCUT2D eigenvalue weighted by molar-refractivity contribution is -0.121. The van der Waals surface area contributed by atoms with Gasteiger partial charge in [-0.3, -0.25) is 14.5 Å². The Morgan fingerprint density at radius 1 is 1.12 bits per heavy atom. The summed E-state index contributed by atoms with van der Waals surface area (Å²) in [6.45, 7) is 6.78. The number of nitrogens with zero attached hydrogens (tertiary/aromatic N) is 2. The van der Waals surface area contributed by atoms with Crippen LogP contribution in [0.2, 0.25) is 0 Å². The summed E-state index contributed by atoms with van der Waals surface area (Å²) in [6.07, 6.45) is 0.932. The molecule has 7 nitrogen and oxygen atoms in total. The first kappa shape index (κ1) is 22.5. The molecule has 2 aromatic rings. The number of hydrogen-bond acceptors (Lipinski definition) is 6. The fourth-order valence-electron chi connectivity index (χ4n) is 3.83. The fourth-order valence-corrected chi connectivity index (χ4v) is 4.94. The van der Waals surface area contributed by atoms with Crippen molar-refractivity contribution in [1.29, 1.82) is 0 Å². The number of hydrogen-bond donors (Lipinski definition) is 1. The Bertz CT molecular complexity index is 983. The number of thioether (sulfide) groups is 1. The van der Waals surface area contributed by atoms with E-state index in [2.05, 4.69) is 18.3 Å². The molecule has 32 heavy (non-hydrogen) atoms. The highest BCUT2D eigenvalue weighted by molar-refractivity contribution is 8.00. The Labute approximate surface area is 193 Å². The molecule has 2 amide bonds. The molecular formula is C24H29N3O4S. The molecule has 0 spiro atoms. The number of benzene rings is 2. The summed E-state index contributed by atoms with van der Waals surface area (Å²) >= 11 is 1.81. The number of carbonyl (C=O) groups is 2. The molecule has 2 aliphatic heterocycles. The summed E-state index contributed by atoms with van der Waals surface area (Å²) in [7, 11) is 0. The molecule has 0 saturated carbocycles. The average Bonchev–Trinajstić information content (AvgIpc) is 2.96. The van der Waals surface area contributed by atoms with Crippen molar-refractivity contribution < 1.29 is 19.1 Å². The third-order valence-corrected chi connectivity index (χ3v) is 6.78. The fraction of sp³-hybridized carbons (Fsp3) is 0.417. The molecule has 1 unspecified atom stereocenters. The van der Waals surface area contributed by atoms with Gasteiger partial charge < -0.3 is 19.7 Å². The minimum atomic E-state index is -0.170. The lowest BCUT2D eigenvalue weighted by Crippen LogP contribution is -2.43. The molecule has 0 fully saturated rings. The van der Waals surface area contributed by atoms with Crippen LogP contribution in [-0.2, 0) is 9.59 Å². The zero-order valence-electron chi connectivity index (χ0n) is 18.5. The zero-order chi connectivity index (χ0) is 22.5. The summed E-state index contributed by atoms with van der Waals surface area (Å²) in [5.74, 6) is 1.15. The molecule has 2 aliphatic rings.